The van der Waals surface area contributed by atoms with Gasteiger partial charge in [0.25, 0.3) is 5.89 Å². The Balaban J connectivity index is 1.74. The number of rotatable bonds is 2. The minimum atomic E-state index is -0.484. The van der Waals surface area contributed by atoms with Crippen molar-refractivity contribution in [2.45, 2.75) is 13.8 Å². The summed E-state index contributed by atoms with van der Waals surface area (Å²) in [7, 11) is 0. The Bertz CT molecular complexity index is 1330. The van der Waals surface area contributed by atoms with E-state index < -0.39 is 5.82 Å². The highest BCUT2D eigenvalue weighted by Gasteiger charge is 2.24. The van der Waals surface area contributed by atoms with E-state index >= 15 is 0 Å². The highest BCUT2D eigenvalue weighted by Crippen LogP contribution is 2.28. The number of imidazole rings is 1. The van der Waals surface area contributed by atoms with Gasteiger partial charge < -0.3 is 14.1 Å². The second-order valence-corrected chi connectivity index (χ2v) is 6.16. The van der Waals surface area contributed by atoms with Crippen molar-refractivity contribution in [3.63, 3.8) is 0 Å². The van der Waals surface area contributed by atoms with Crippen LogP contribution in [0.1, 0.15) is 11.5 Å². The number of halogens is 1. The Morgan fingerprint density at radius 3 is 2.81 bits per heavy atom. The molecule has 8 nitrogen and oxygen atoms in total. The Hall–Kier alpha value is -3.75. The Morgan fingerprint density at radius 2 is 2.04 bits per heavy atom. The fraction of sp³-hybridized carbons (Fsp3) is 0.111. The van der Waals surface area contributed by atoms with Gasteiger partial charge in [0.1, 0.15) is 34.6 Å². The van der Waals surface area contributed by atoms with E-state index in [2.05, 4.69) is 15.1 Å². The number of furan rings is 1. The molecule has 0 spiro atoms. The van der Waals surface area contributed by atoms with Crippen LogP contribution in [0, 0.1) is 24.9 Å². The van der Waals surface area contributed by atoms with E-state index in [4.69, 9.17) is 8.94 Å². The van der Waals surface area contributed by atoms with Gasteiger partial charge in [0.05, 0.1) is 0 Å². The van der Waals surface area contributed by atoms with Crippen LogP contribution < -0.4 is 4.73 Å². The van der Waals surface area contributed by atoms with Crippen molar-refractivity contribution in [1.82, 2.24) is 19.5 Å². The van der Waals surface area contributed by atoms with Crippen LogP contribution >= 0.6 is 0 Å². The summed E-state index contributed by atoms with van der Waals surface area (Å²) in [6, 6.07) is 7.55. The van der Waals surface area contributed by atoms with Crippen molar-refractivity contribution in [3.05, 3.63) is 59.1 Å². The summed E-state index contributed by atoms with van der Waals surface area (Å²) in [6.45, 7) is 3.45. The van der Waals surface area contributed by atoms with Crippen LogP contribution in [0.2, 0.25) is 0 Å². The van der Waals surface area contributed by atoms with E-state index in [1.165, 1.54) is 18.2 Å². The third-order valence-corrected chi connectivity index (χ3v) is 4.42. The molecule has 0 radical (unpaired) electrons. The molecule has 4 heterocycles. The van der Waals surface area contributed by atoms with Crippen molar-refractivity contribution in [1.29, 1.82) is 0 Å². The maximum absolute atomic E-state index is 13.6. The maximum atomic E-state index is 13.6. The molecule has 0 unspecified atom stereocenters. The average Bonchev–Trinajstić information content (AvgIpc) is 3.37. The first-order valence-corrected chi connectivity index (χ1v) is 8.12. The largest absolute Gasteiger partial charge is 0.618 e. The number of benzene rings is 1. The molecule has 0 saturated carbocycles. The third-order valence-electron chi connectivity index (χ3n) is 4.42. The van der Waals surface area contributed by atoms with Crippen molar-refractivity contribution in [3.8, 4) is 23.2 Å². The minimum absolute atomic E-state index is 0.212. The number of fused-ring (bicyclic) bond motifs is 3. The van der Waals surface area contributed by atoms with Gasteiger partial charge in [-0.25, -0.2) is 9.37 Å². The van der Waals surface area contributed by atoms with Crippen LogP contribution in [0.15, 0.2) is 45.6 Å². The minimum Gasteiger partial charge on any atom is -0.618 e. The molecule has 134 valence electrons. The van der Waals surface area contributed by atoms with Gasteiger partial charge >= 0.3 is 0 Å². The van der Waals surface area contributed by atoms with Crippen LogP contribution in [0.3, 0.4) is 0 Å². The highest BCUT2D eigenvalue weighted by molar-refractivity contribution is 5.82. The van der Waals surface area contributed by atoms with E-state index in [0.29, 0.717) is 32.9 Å². The Kier molecular flexibility index (Phi) is 3.08. The molecule has 27 heavy (non-hydrogen) atoms. The van der Waals surface area contributed by atoms with Crippen LogP contribution in [0.4, 0.5) is 4.39 Å². The predicted octanol–water partition coefficient (Wildman–Crippen LogP) is 3.19. The van der Waals surface area contributed by atoms with Crippen molar-refractivity contribution in [2.75, 3.05) is 0 Å². The number of aryl methyl sites for hydroxylation is 2. The normalized spacial score (nSPS) is 11.7. The quantitative estimate of drug-likeness (QED) is 0.352. The van der Waals surface area contributed by atoms with E-state index in [1.54, 1.807) is 29.8 Å². The lowest BCUT2D eigenvalue weighted by Gasteiger charge is -2.08. The van der Waals surface area contributed by atoms with Gasteiger partial charge in [-0.15, -0.1) is 0 Å². The van der Waals surface area contributed by atoms with Gasteiger partial charge in [-0.1, -0.05) is 5.16 Å². The van der Waals surface area contributed by atoms with Gasteiger partial charge in [-0.05, 0) is 31.2 Å². The lowest BCUT2D eigenvalue weighted by molar-refractivity contribution is -0.583. The molecule has 0 aliphatic heterocycles. The van der Waals surface area contributed by atoms with Crippen LogP contribution in [-0.4, -0.2) is 19.5 Å². The number of nitrogens with zero attached hydrogens (tertiary/aromatic N) is 5. The van der Waals surface area contributed by atoms with Gasteiger partial charge in [0, 0.05) is 13.0 Å². The molecule has 0 aliphatic carbocycles. The van der Waals surface area contributed by atoms with Crippen LogP contribution in [0.5, 0.6) is 0 Å². The first-order valence-electron chi connectivity index (χ1n) is 8.12. The summed E-state index contributed by atoms with van der Waals surface area (Å²) in [6.07, 6.45) is 1.55. The van der Waals surface area contributed by atoms with Gasteiger partial charge in [0.15, 0.2) is 5.76 Å². The molecule has 0 amide bonds. The second kappa shape index (κ2) is 5.37. The molecule has 0 bridgehead atoms. The summed E-state index contributed by atoms with van der Waals surface area (Å²) in [5.41, 5.74) is 1.99. The monoisotopic (exact) mass is 365 g/mol. The zero-order chi connectivity index (χ0) is 18.7. The smallest absolute Gasteiger partial charge is 0.293 e. The van der Waals surface area contributed by atoms with E-state index in [0.717, 1.165) is 5.76 Å². The molecular weight excluding hydrogens is 353 g/mol. The van der Waals surface area contributed by atoms with Crippen molar-refractivity contribution in [2.24, 2.45) is 0 Å². The summed E-state index contributed by atoms with van der Waals surface area (Å²) >= 11 is 0. The number of aromatic nitrogens is 5. The van der Waals surface area contributed by atoms with Crippen LogP contribution in [-0.2, 0) is 0 Å². The topological polar surface area (TPSA) is 96.3 Å². The van der Waals surface area contributed by atoms with Gasteiger partial charge in [-0.2, -0.15) is 9.71 Å². The summed E-state index contributed by atoms with van der Waals surface area (Å²) < 4.78 is 26.7. The predicted molar refractivity (Wildman–Crippen MR) is 92.1 cm³/mol. The molecule has 9 heteroatoms. The Labute approximate surface area is 151 Å². The average molecular weight is 365 g/mol. The highest BCUT2D eigenvalue weighted by atomic mass is 19.1. The number of hydrogen-bond donors (Lipinski definition) is 0. The summed E-state index contributed by atoms with van der Waals surface area (Å²) in [5, 5.41) is 16.6. The zero-order valence-corrected chi connectivity index (χ0v) is 14.3. The summed E-state index contributed by atoms with van der Waals surface area (Å²) in [5.74, 6) is 1.13. The zero-order valence-electron chi connectivity index (χ0n) is 14.3. The fourth-order valence-electron chi connectivity index (χ4n) is 3.15. The molecule has 5 rings (SSSR count). The molecule has 0 aliphatic rings. The molecule has 0 N–H and O–H groups in total. The van der Waals surface area contributed by atoms with Gasteiger partial charge in [-0.3, -0.25) is 4.40 Å². The molecule has 5 aromatic rings. The van der Waals surface area contributed by atoms with E-state index in [-0.39, 0.29) is 17.2 Å². The number of hydrogen-bond acceptors (Lipinski definition) is 6. The lowest BCUT2D eigenvalue weighted by atomic mass is 10.2. The van der Waals surface area contributed by atoms with E-state index in [1.807, 2.05) is 6.92 Å². The first kappa shape index (κ1) is 15.5. The fourth-order valence-corrected chi connectivity index (χ4v) is 3.15. The third kappa shape index (κ3) is 2.21. The van der Waals surface area contributed by atoms with E-state index in [9.17, 15) is 9.60 Å². The molecule has 0 atom stereocenters. The molecule has 1 aromatic carbocycles. The maximum Gasteiger partial charge on any atom is 0.293 e. The summed E-state index contributed by atoms with van der Waals surface area (Å²) in [4.78, 5) is 8.69. The van der Waals surface area contributed by atoms with Gasteiger partial charge in [0.2, 0.25) is 17.0 Å². The van der Waals surface area contributed by atoms with Crippen LogP contribution in [0.25, 0.3) is 39.7 Å². The molecule has 0 fully saturated rings. The SMILES string of the molecule is Cc1ccc(-c2nc(-c3ncn4c3c(C)[n+]([O-])c3cc(F)ccc34)no2)o1. The first-order chi connectivity index (χ1) is 13.0. The van der Waals surface area contributed by atoms with Crippen molar-refractivity contribution >= 4 is 16.6 Å². The molecule has 4 aromatic heterocycles. The lowest BCUT2D eigenvalue weighted by Crippen LogP contribution is -2.32. The molecular formula is C18H12FN5O3. The molecule has 0 saturated heterocycles. The van der Waals surface area contributed by atoms with Crippen molar-refractivity contribution < 1.29 is 18.1 Å². The standard InChI is InChI=1S/C18H12FN5O3/c1-9-3-6-14(26-9)18-21-17(22-27-18)15-16-10(2)24(25)13-7-11(19)4-5-12(13)23(16)8-20-15/h3-8H,1-2H3. The Morgan fingerprint density at radius 1 is 1.19 bits per heavy atom. The second-order valence-electron chi connectivity index (χ2n) is 6.16.